The first-order chi connectivity index (χ1) is 11.9. The first kappa shape index (κ1) is 16.4. The van der Waals surface area contributed by atoms with Crippen molar-refractivity contribution in [3.8, 4) is 28.1 Å². The number of phenolic OH excluding ortho intramolecular Hbond substituents is 1. The molecule has 0 aliphatic carbocycles. The van der Waals surface area contributed by atoms with Gasteiger partial charge in [0.25, 0.3) is 5.91 Å². The minimum atomic E-state index is -0.625. The van der Waals surface area contributed by atoms with Gasteiger partial charge in [-0.1, -0.05) is 6.07 Å². The summed E-state index contributed by atoms with van der Waals surface area (Å²) in [4.78, 5) is 20.2. The molecule has 5 N–H and O–H groups in total. The van der Waals surface area contributed by atoms with E-state index >= 15 is 0 Å². The lowest BCUT2D eigenvalue weighted by Gasteiger charge is -2.17. The normalized spacial score (nSPS) is 10.6. The summed E-state index contributed by atoms with van der Waals surface area (Å²) in [7, 11) is 0. The highest BCUT2D eigenvalue weighted by atomic mass is 16.3. The number of amides is 1. The van der Waals surface area contributed by atoms with Gasteiger partial charge in [-0.3, -0.25) is 14.8 Å². The fraction of sp³-hybridized carbons (Fsp3) is 0.105. The van der Waals surface area contributed by atoms with Gasteiger partial charge in [-0.15, -0.1) is 0 Å². The predicted molar refractivity (Wildman–Crippen MR) is 97.0 cm³/mol. The second-order valence-electron chi connectivity index (χ2n) is 5.84. The quantitative estimate of drug-likeness (QED) is 0.637. The number of carbonyl (C=O) groups is 1. The molecule has 0 unspecified atom stereocenters. The number of nitrogens with zero attached hydrogens (tertiary/aromatic N) is 2. The van der Waals surface area contributed by atoms with E-state index in [0.29, 0.717) is 22.4 Å². The van der Waals surface area contributed by atoms with Crippen LogP contribution in [0.4, 0.5) is 5.69 Å². The topological polar surface area (TPSA) is 115 Å². The van der Waals surface area contributed by atoms with Gasteiger partial charge >= 0.3 is 0 Å². The number of phenols is 1. The summed E-state index contributed by atoms with van der Waals surface area (Å²) in [6.45, 7) is 3.72. The van der Waals surface area contributed by atoms with E-state index < -0.39 is 5.91 Å². The van der Waals surface area contributed by atoms with Gasteiger partial charge in [0.1, 0.15) is 5.75 Å². The molecule has 3 aromatic rings. The Bertz CT molecular complexity index is 969. The number of nitrogens with two attached hydrogens (primary N) is 2. The monoisotopic (exact) mass is 334 g/mol. The molecule has 1 aromatic heterocycles. The molecule has 25 heavy (non-hydrogen) atoms. The maximum absolute atomic E-state index is 11.9. The number of aromatic hydroxyl groups is 1. The Morgan fingerprint density at radius 1 is 1.16 bits per heavy atom. The van der Waals surface area contributed by atoms with E-state index in [1.165, 1.54) is 0 Å². The van der Waals surface area contributed by atoms with E-state index in [1.807, 2.05) is 13.0 Å². The number of carbonyl (C=O) groups excluding carboxylic acids is 1. The molecule has 0 atom stereocenters. The van der Waals surface area contributed by atoms with Crippen molar-refractivity contribution in [1.29, 1.82) is 0 Å². The van der Waals surface area contributed by atoms with Gasteiger partial charge < -0.3 is 16.6 Å². The summed E-state index contributed by atoms with van der Waals surface area (Å²) < 4.78 is 0. The third-order valence-electron chi connectivity index (χ3n) is 4.22. The van der Waals surface area contributed by atoms with Crippen LogP contribution in [0.25, 0.3) is 22.4 Å². The zero-order valence-electron chi connectivity index (χ0n) is 13.9. The molecule has 0 bridgehead atoms. The molecule has 126 valence electrons. The molecular formula is C19H18N4O2. The maximum atomic E-state index is 11.9. The average Bonchev–Trinajstić information content (AvgIpc) is 2.60. The van der Waals surface area contributed by atoms with Crippen LogP contribution >= 0.6 is 0 Å². The molecule has 3 rings (SSSR count). The molecule has 6 nitrogen and oxygen atoms in total. The molecular weight excluding hydrogens is 316 g/mol. The molecule has 0 fully saturated rings. The van der Waals surface area contributed by atoms with Crippen molar-refractivity contribution >= 4 is 11.6 Å². The Morgan fingerprint density at radius 2 is 1.92 bits per heavy atom. The SMILES string of the molecule is Cc1ccc(O)c(C)c1-c1cc(-c2cnccn2)cc(C(N)=O)c1N. The van der Waals surface area contributed by atoms with Gasteiger partial charge in [-0.05, 0) is 48.7 Å². The zero-order valence-corrected chi connectivity index (χ0v) is 13.9. The Morgan fingerprint density at radius 3 is 2.56 bits per heavy atom. The van der Waals surface area contributed by atoms with Gasteiger partial charge in [0, 0.05) is 23.5 Å². The van der Waals surface area contributed by atoms with E-state index in [0.717, 1.165) is 11.1 Å². The fourth-order valence-corrected chi connectivity index (χ4v) is 2.91. The van der Waals surface area contributed by atoms with Gasteiger partial charge in [-0.2, -0.15) is 0 Å². The standard InChI is InChI=1S/C19H18N4O2/c1-10-3-4-16(24)11(2)17(10)13-7-12(15-9-22-5-6-23-15)8-14(18(13)20)19(21)25/h3-9,24H,20H2,1-2H3,(H2,21,25). The fourth-order valence-electron chi connectivity index (χ4n) is 2.91. The van der Waals surface area contributed by atoms with Crippen molar-refractivity contribution in [2.75, 3.05) is 5.73 Å². The lowest BCUT2D eigenvalue weighted by molar-refractivity contribution is 0.100. The molecule has 0 radical (unpaired) electrons. The second-order valence-corrected chi connectivity index (χ2v) is 5.84. The van der Waals surface area contributed by atoms with Crippen LogP contribution in [0.3, 0.4) is 0 Å². The molecule has 0 aliphatic heterocycles. The Labute approximate surface area is 145 Å². The first-order valence-corrected chi connectivity index (χ1v) is 7.69. The Hall–Kier alpha value is -3.41. The Kier molecular flexibility index (Phi) is 4.10. The van der Waals surface area contributed by atoms with Crippen LogP contribution in [-0.2, 0) is 0 Å². The van der Waals surface area contributed by atoms with Crippen molar-refractivity contribution in [3.05, 3.63) is 59.5 Å². The van der Waals surface area contributed by atoms with Crippen LogP contribution in [0.2, 0.25) is 0 Å². The summed E-state index contributed by atoms with van der Waals surface area (Å²) in [6.07, 6.45) is 4.74. The predicted octanol–water partition coefficient (Wildman–Crippen LogP) is 2.81. The zero-order chi connectivity index (χ0) is 18.1. The van der Waals surface area contributed by atoms with Gasteiger partial charge in [0.2, 0.25) is 0 Å². The largest absolute Gasteiger partial charge is 0.508 e. The van der Waals surface area contributed by atoms with Crippen molar-refractivity contribution in [1.82, 2.24) is 9.97 Å². The highest BCUT2D eigenvalue weighted by molar-refractivity contribution is 6.04. The summed E-state index contributed by atoms with van der Waals surface area (Å²) in [5, 5.41) is 10.1. The number of hydrogen-bond acceptors (Lipinski definition) is 5. The number of aryl methyl sites for hydroxylation is 1. The molecule has 0 saturated heterocycles. The number of nitrogen functional groups attached to an aromatic ring is 1. The highest BCUT2D eigenvalue weighted by Gasteiger charge is 2.18. The third kappa shape index (κ3) is 2.89. The summed E-state index contributed by atoms with van der Waals surface area (Å²) >= 11 is 0. The second kappa shape index (κ2) is 6.24. The third-order valence-corrected chi connectivity index (χ3v) is 4.22. The molecule has 1 heterocycles. The molecule has 0 spiro atoms. The maximum Gasteiger partial charge on any atom is 0.250 e. The number of benzene rings is 2. The van der Waals surface area contributed by atoms with Crippen molar-refractivity contribution in [3.63, 3.8) is 0 Å². The Balaban J connectivity index is 2.36. The lowest BCUT2D eigenvalue weighted by Crippen LogP contribution is -2.14. The van der Waals surface area contributed by atoms with Gasteiger partial charge in [0.05, 0.1) is 23.1 Å². The highest BCUT2D eigenvalue weighted by Crippen LogP contribution is 2.39. The van der Waals surface area contributed by atoms with E-state index in [9.17, 15) is 9.90 Å². The molecule has 2 aromatic carbocycles. The number of anilines is 1. The smallest absolute Gasteiger partial charge is 0.250 e. The molecule has 6 heteroatoms. The minimum absolute atomic E-state index is 0.158. The number of rotatable bonds is 3. The molecule has 0 saturated carbocycles. The summed E-state index contributed by atoms with van der Waals surface area (Å²) in [6, 6.07) is 6.88. The minimum Gasteiger partial charge on any atom is -0.508 e. The number of hydrogen-bond donors (Lipinski definition) is 3. The van der Waals surface area contributed by atoms with E-state index in [4.69, 9.17) is 11.5 Å². The van der Waals surface area contributed by atoms with Crippen molar-refractivity contribution in [2.45, 2.75) is 13.8 Å². The van der Waals surface area contributed by atoms with Gasteiger partial charge in [0.15, 0.2) is 0 Å². The van der Waals surface area contributed by atoms with E-state index in [1.54, 1.807) is 43.7 Å². The lowest BCUT2D eigenvalue weighted by atomic mass is 9.90. The average molecular weight is 334 g/mol. The van der Waals surface area contributed by atoms with E-state index in [-0.39, 0.29) is 17.0 Å². The number of aromatic nitrogens is 2. The van der Waals surface area contributed by atoms with Gasteiger partial charge in [-0.25, -0.2) is 0 Å². The van der Waals surface area contributed by atoms with Crippen LogP contribution < -0.4 is 11.5 Å². The van der Waals surface area contributed by atoms with E-state index in [2.05, 4.69) is 9.97 Å². The summed E-state index contributed by atoms with van der Waals surface area (Å²) in [5.74, 6) is -0.467. The van der Waals surface area contributed by atoms with Crippen molar-refractivity contribution < 1.29 is 9.90 Å². The van der Waals surface area contributed by atoms with Crippen molar-refractivity contribution in [2.24, 2.45) is 5.73 Å². The van der Waals surface area contributed by atoms with Crippen LogP contribution in [0, 0.1) is 13.8 Å². The first-order valence-electron chi connectivity index (χ1n) is 7.69. The number of primary amides is 1. The van der Waals surface area contributed by atoms with Crippen LogP contribution in [-0.4, -0.2) is 21.0 Å². The van der Waals surface area contributed by atoms with Crippen LogP contribution in [0.15, 0.2) is 42.9 Å². The summed E-state index contributed by atoms with van der Waals surface area (Å²) in [5.41, 5.74) is 16.5. The van der Waals surface area contributed by atoms with Crippen LogP contribution in [0.1, 0.15) is 21.5 Å². The molecule has 1 amide bonds. The van der Waals surface area contributed by atoms with Crippen LogP contribution in [0.5, 0.6) is 5.75 Å². The molecule has 0 aliphatic rings.